The second kappa shape index (κ2) is 5.12. The fraction of sp³-hybridized carbons (Fsp3) is 0.632. The van der Waals surface area contributed by atoms with Crippen molar-refractivity contribution in [1.82, 2.24) is 5.32 Å². The van der Waals surface area contributed by atoms with Crippen molar-refractivity contribution < 1.29 is 20.1 Å². The molecule has 0 radical (unpaired) electrons. The van der Waals surface area contributed by atoms with E-state index in [4.69, 9.17) is 0 Å². The molecule has 0 aliphatic heterocycles. The number of carbonyl (C=O) groups is 1. The van der Waals surface area contributed by atoms with Gasteiger partial charge >= 0.3 is 0 Å². The number of rotatable bonds is 3. The summed E-state index contributed by atoms with van der Waals surface area (Å²) in [5.41, 5.74) is -0.720. The van der Waals surface area contributed by atoms with E-state index in [0.29, 0.717) is 11.8 Å². The van der Waals surface area contributed by atoms with Crippen LogP contribution >= 0.6 is 0 Å². The lowest BCUT2D eigenvalue weighted by atomic mass is 9.46. The zero-order valence-electron chi connectivity index (χ0n) is 14.0. The van der Waals surface area contributed by atoms with Gasteiger partial charge in [-0.15, -0.1) is 0 Å². The molecule has 4 N–H and O–H groups in total. The van der Waals surface area contributed by atoms with Gasteiger partial charge in [-0.2, -0.15) is 0 Å². The summed E-state index contributed by atoms with van der Waals surface area (Å²) in [5, 5.41) is 33.6. The Morgan fingerprint density at radius 2 is 1.75 bits per heavy atom. The van der Waals surface area contributed by atoms with Gasteiger partial charge in [0.1, 0.15) is 17.1 Å². The van der Waals surface area contributed by atoms with Crippen LogP contribution in [0.5, 0.6) is 11.5 Å². The molecule has 5 rings (SSSR count). The van der Waals surface area contributed by atoms with E-state index in [-0.39, 0.29) is 28.5 Å². The van der Waals surface area contributed by atoms with Crippen LogP contribution in [-0.2, 0) is 0 Å². The van der Waals surface area contributed by atoms with E-state index in [2.05, 4.69) is 5.32 Å². The Bertz CT molecular complexity index is 652. The molecule has 4 saturated carbocycles. The lowest BCUT2D eigenvalue weighted by Crippen LogP contribution is -2.61. The van der Waals surface area contributed by atoms with E-state index < -0.39 is 11.5 Å². The molecule has 5 nitrogen and oxygen atoms in total. The molecule has 0 aromatic heterocycles. The summed E-state index contributed by atoms with van der Waals surface area (Å²) in [6.07, 6.45) is 5.81. The summed E-state index contributed by atoms with van der Waals surface area (Å²) >= 11 is 0. The molecule has 1 amide bonds. The normalized spacial score (nSPS) is 38.1. The maximum absolute atomic E-state index is 12.6. The van der Waals surface area contributed by atoms with Crippen LogP contribution in [0.3, 0.4) is 0 Å². The largest absolute Gasteiger partial charge is 0.507 e. The van der Waals surface area contributed by atoms with Crippen LogP contribution in [0.2, 0.25) is 0 Å². The SMILES string of the molecule is C[C@H](NC(=O)c1c(O)cccc1O)C12C[C@@H]3C[C@H](CC(O)(C3)C1)C2. The van der Waals surface area contributed by atoms with Crippen LogP contribution in [0.4, 0.5) is 0 Å². The molecule has 4 fully saturated rings. The Hall–Kier alpha value is -1.75. The molecule has 4 aliphatic rings. The highest BCUT2D eigenvalue weighted by Gasteiger charge is 2.59. The van der Waals surface area contributed by atoms with E-state index in [0.717, 1.165) is 32.1 Å². The average molecular weight is 331 g/mol. The summed E-state index contributed by atoms with van der Waals surface area (Å²) in [6.45, 7) is 1.99. The molecule has 1 aromatic rings. The van der Waals surface area contributed by atoms with Crippen LogP contribution in [0.25, 0.3) is 0 Å². The molecule has 4 bridgehead atoms. The van der Waals surface area contributed by atoms with Crippen LogP contribution in [0, 0.1) is 17.3 Å². The van der Waals surface area contributed by atoms with Crippen LogP contribution in [0.1, 0.15) is 55.8 Å². The lowest BCUT2D eigenvalue weighted by Gasteiger charge is -2.62. The molecule has 24 heavy (non-hydrogen) atoms. The van der Waals surface area contributed by atoms with Crippen molar-refractivity contribution in [2.45, 2.75) is 57.1 Å². The summed E-state index contributed by atoms with van der Waals surface area (Å²) in [4.78, 5) is 12.6. The fourth-order valence-corrected chi connectivity index (χ4v) is 5.97. The van der Waals surface area contributed by atoms with Crippen LogP contribution < -0.4 is 5.32 Å². The van der Waals surface area contributed by atoms with Gasteiger partial charge in [0.15, 0.2) is 0 Å². The Morgan fingerprint density at radius 1 is 1.17 bits per heavy atom. The lowest BCUT2D eigenvalue weighted by molar-refractivity contribution is -0.171. The predicted molar refractivity (Wildman–Crippen MR) is 88.8 cm³/mol. The summed E-state index contributed by atoms with van der Waals surface area (Å²) in [5.74, 6) is 0.205. The van der Waals surface area contributed by atoms with Crippen molar-refractivity contribution in [3.8, 4) is 11.5 Å². The quantitative estimate of drug-likeness (QED) is 0.685. The van der Waals surface area contributed by atoms with Crippen LogP contribution in [0.15, 0.2) is 18.2 Å². The van der Waals surface area contributed by atoms with Crippen molar-refractivity contribution in [1.29, 1.82) is 0 Å². The molecular formula is C19H25NO4. The fourth-order valence-electron chi connectivity index (χ4n) is 5.97. The third-order valence-corrected chi connectivity index (χ3v) is 6.59. The van der Waals surface area contributed by atoms with E-state index in [9.17, 15) is 20.1 Å². The first-order valence-electron chi connectivity index (χ1n) is 8.84. The highest BCUT2D eigenvalue weighted by atomic mass is 16.3. The third-order valence-electron chi connectivity index (χ3n) is 6.59. The number of aromatic hydroxyl groups is 2. The number of phenolic OH excluding ortho intramolecular Hbond substituents is 2. The maximum Gasteiger partial charge on any atom is 0.259 e. The van der Waals surface area contributed by atoms with Crippen LogP contribution in [-0.4, -0.2) is 32.9 Å². The number of carbonyl (C=O) groups excluding carboxylic acids is 1. The van der Waals surface area contributed by atoms with Gasteiger partial charge in [-0.1, -0.05) is 6.07 Å². The monoisotopic (exact) mass is 331 g/mol. The number of phenols is 2. The second-order valence-corrected chi connectivity index (χ2v) is 8.41. The number of hydrogen-bond acceptors (Lipinski definition) is 4. The summed E-state index contributed by atoms with van der Waals surface area (Å²) in [7, 11) is 0. The Balaban J connectivity index is 1.56. The highest BCUT2D eigenvalue weighted by molar-refractivity contribution is 5.99. The molecular weight excluding hydrogens is 306 g/mol. The van der Waals surface area contributed by atoms with E-state index in [1.54, 1.807) is 0 Å². The minimum atomic E-state index is -0.569. The topological polar surface area (TPSA) is 89.8 Å². The maximum atomic E-state index is 12.6. The summed E-state index contributed by atoms with van der Waals surface area (Å²) in [6, 6.07) is 4.18. The minimum Gasteiger partial charge on any atom is -0.507 e. The second-order valence-electron chi connectivity index (χ2n) is 8.41. The predicted octanol–water partition coefficient (Wildman–Crippen LogP) is 2.55. The van der Waals surface area contributed by atoms with E-state index in [1.807, 2.05) is 6.92 Å². The molecule has 5 heteroatoms. The van der Waals surface area contributed by atoms with Gasteiger partial charge in [0.2, 0.25) is 0 Å². The zero-order valence-corrected chi connectivity index (χ0v) is 14.0. The molecule has 3 atom stereocenters. The van der Waals surface area contributed by atoms with Crippen molar-refractivity contribution in [3.63, 3.8) is 0 Å². The number of benzene rings is 1. The Kier molecular flexibility index (Phi) is 3.36. The first-order valence-corrected chi connectivity index (χ1v) is 8.84. The average Bonchev–Trinajstić information content (AvgIpc) is 2.44. The number of nitrogens with one attached hydrogen (secondary N) is 1. The number of aliphatic hydroxyl groups is 1. The smallest absolute Gasteiger partial charge is 0.259 e. The van der Waals surface area contributed by atoms with Gasteiger partial charge < -0.3 is 20.6 Å². The molecule has 130 valence electrons. The Morgan fingerprint density at radius 3 is 2.29 bits per heavy atom. The van der Waals surface area contributed by atoms with Gasteiger partial charge in [0.25, 0.3) is 5.91 Å². The number of hydrogen-bond donors (Lipinski definition) is 4. The zero-order chi connectivity index (χ0) is 17.1. The van der Waals surface area contributed by atoms with Gasteiger partial charge in [-0.05, 0) is 74.8 Å². The van der Waals surface area contributed by atoms with E-state index in [1.165, 1.54) is 24.6 Å². The molecule has 4 aliphatic carbocycles. The molecule has 0 saturated heterocycles. The first kappa shape index (κ1) is 15.8. The van der Waals surface area contributed by atoms with Gasteiger partial charge in [-0.3, -0.25) is 4.79 Å². The highest BCUT2D eigenvalue weighted by Crippen LogP contribution is 2.62. The van der Waals surface area contributed by atoms with Gasteiger partial charge in [0, 0.05) is 6.04 Å². The van der Waals surface area contributed by atoms with Gasteiger partial charge in [0.05, 0.1) is 5.60 Å². The minimum absolute atomic E-state index is 0.0749. The summed E-state index contributed by atoms with van der Waals surface area (Å²) < 4.78 is 0. The Labute approximate surface area is 141 Å². The van der Waals surface area contributed by atoms with Crippen molar-refractivity contribution in [2.75, 3.05) is 0 Å². The van der Waals surface area contributed by atoms with E-state index >= 15 is 0 Å². The molecule has 0 heterocycles. The van der Waals surface area contributed by atoms with Crippen molar-refractivity contribution in [3.05, 3.63) is 23.8 Å². The molecule has 0 spiro atoms. The van der Waals surface area contributed by atoms with Gasteiger partial charge in [-0.25, -0.2) is 0 Å². The van der Waals surface area contributed by atoms with Crippen molar-refractivity contribution >= 4 is 5.91 Å². The first-order chi connectivity index (χ1) is 11.3. The standard InChI is InChI=1S/C19H25NO4/c1-11(20-17(23)16-14(21)3-2-4-15(16)22)18-6-12-5-13(7-18)9-19(24,8-12)10-18/h2-4,11-13,21-22,24H,5-10H2,1H3,(H,20,23)/t11-,12-,13-,18?,19?/m0/s1. The van der Waals surface area contributed by atoms with Crippen molar-refractivity contribution in [2.24, 2.45) is 17.3 Å². The molecule has 1 aromatic carbocycles. The third kappa shape index (κ3) is 2.37. The molecule has 0 unspecified atom stereocenters. The number of amides is 1.